The third-order valence-electron chi connectivity index (χ3n) is 5.00. The van der Waals surface area contributed by atoms with Crippen LogP contribution in [-0.4, -0.2) is 36.8 Å². The maximum atomic E-state index is 13.2. The first kappa shape index (κ1) is 20.9. The molecule has 0 radical (unpaired) electrons. The SMILES string of the molecule is COc1cc(NC(=O)c2ccccc2-n2cnc3ccccc3c2=O)cc(OC)c1OC. The summed E-state index contributed by atoms with van der Waals surface area (Å²) in [6.07, 6.45) is 1.43. The molecule has 1 aromatic heterocycles. The Kier molecular flexibility index (Phi) is 5.76. The molecule has 0 fully saturated rings. The number of hydrogen-bond acceptors (Lipinski definition) is 6. The minimum Gasteiger partial charge on any atom is -0.493 e. The molecule has 0 unspecified atom stereocenters. The van der Waals surface area contributed by atoms with Gasteiger partial charge in [-0.1, -0.05) is 24.3 Å². The quantitative estimate of drug-likeness (QED) is 0.501. The first-order valence-electron chi connectivity index (χ1n) is 9.74. The highest BCUT2D eigenvalue weighted by atomic mass is 16.5. The number of fused-ring (bicyclic) bond motifs is 1. The summed E-state index contributed by atoms with van der Waals surface area (Å²) < 4.78 is 17.4. The van der Waals surface area contributed by atoms with E-state index in [0.29, 0.717) is 45.1 Å². The van der Waals surface area contributed by atoms with Crippen LogP contribution in [0.5, 0.6) is 17.2 Å². The molecule has 0 spiro atoms. The van der Waals surface area contributed by atoms with E-state index in [1.54, 1.807) is 54.6 Å². The van der Waals surface area contributed by atoms with E-state index in [-0.39, 0.29) is 5.56 Å². The molecule has 0 aliphatic rings. The number of nitrogens with zero attached hydrogens (tertiary/aromatic N) is 2. The van der Waals surface area contributed by atoms with Crippen LogP contribution in [0.1, 0.15) is 10.4 Å². The normalized spacial score (nSPS) is 10.6. The Morgan fingerprint density at radius 2 is 1.56 bits per heavy atom. The zero-order chi connectivity index (χ0) is 22.7. The summed E-state index contributed by atoms with van der Waals surface area (Å²) in [5, 5.41) is 3.30. The fourth-order valence-electron chi connectivity index (χ4n) is 3.47. The summed E-state index contributed by atoms with van der Waals surface area (Å²) in [5.74, 6) is 0.827. The van der Waals surface area contributed by atoms with E-state index in [1.807, 2.05) is 6.07 Å². The standard InChI is InChI=1S/C24H21N3O5/c1-30-20-12-15(13-21(31-2)22(20)32-3)26-23(28)17-9-5-7-11-19(17)27-14-25-18-10-6-4-8-16(18)24(27)29/h4-14H,1-3H3,(H,26,28). The highest BCUT2D eigenvalue weighted by Gasteiger charge is 2.18. The first-order chi connectivity index (χ1) is 15.6. The number of anilines is 1. The summed E-state index contributed by atoms with van der Waals surface area (Å²) in [6.45, 7) is 0. The molecule has 0 aliphatic heterocycles. The Morgan fingerprint density at radius 1 is 0.906 bits per heavy atom. The van der Waals surface area contributed by atoms with E-state index in [2.05, 4.69) is 10.3 Å². The Balaban J connectivity index is 1.75. The number of ether oxygens (including phenoxy) is 3. The Labute approximate surface area is 184 Å². The molecule has 1 N–H and O–H groups in total. The number of rotatable bonds is 6. The van der Waals surface area contributed by atoms with Crippen LogP contribution in [0, 0.1) is 0 Å². The highest BCUT2D eigenvalue weighted by molar-refractivity contribution is 6.07. The Morgan fingerprint density at radius 3 is 2.25 bits per heavy atom. The van der Waals surface area contributed by atoms with Gasteiger partial charge in [0.25, 0.3) is 11.5 Å². The predicted molar refractivity (Wildman–Crippen MR) is 121 cm³/mol. The lowest BCUT2D eigenvalue weighted by atomic mass is 10.1. The van der Waals surface area contributed by atoms with E-state index in [4.69, 9.17) is 14.2 Å². The first-order valence-corrected chi connectivity index (χ1v) is 9.74. The van der Waals surface area contributed by atoms with Gasteiger partial charge in [-0.2, -0.15) is 0 Å². The molecule has 8 heteroatoms. The molecule has 0 bridgehead atoms. The molecule has 162 valence electrons. The summed E-state index contributed by atoms with van der Waals surface area (Å²) >= 11 is 0. The van der Waals surface area contributed by atoms with Crippen molar-refractivity contribution in [2.45, 2.75) is 0 Å². The van der Waals surface area contributed by atoms with Gasteiger partial charge in [0.1, 0.15) is 6.33 Å². The fourth-order valence-corrected chi connectivity index (χ4v) is 3.47. The zero-order valence-electron chi connectivity index (χ0n) is 17.8. The fraction of sp³-hybridized carbons (Fsp3) is 0.125. The third-order valence-corrected chi connectivity index (χ3v) is 5.00. The van der Waals surface area contributed by atoms with Gasteiger partial charge in [0.05, 0.1) is 43.5 Å². The van der Waals surface area contributed by atoms with Gasteiger partial charge in [-0.05, 0) is 24.3 Å². The molecule has 0 saturated heterocycles. The van der Waals surface area contributed by atoms with Crippen LogP contribution in [0.4, 0.5) is 5.69 Å². The van der Waals surface area contributed by atoms with Crippen molar-refractivity contribution in [1.82, 2.24) is 9.55 Å². The van der Waals surface area contributed by atoms with Crippen molar-refractivity contribution in [2.24, 2.45) is 0 Å². The van der Waals surface area contributed by atoms with Crippen LogP contribution >= 0.6 is 0 Å². The average molecular weight is 431 g/mol. The summed E-state index contributed by atoms with van der Waals surface area (Å²) in [4.78, 5) is 30.6. The smallest absolute Gasteiger partial charge is 0.265 e. The molecular formula is C24H21N3O5. The van der Waals surface area contributed by atoms with Crippen LogP contribution in [0.15, 0.2) is 71.8 Å². The van der Waals surface area contributed by atoms with Gasteiger partial charge in [-0.15, -0.1) is 0 Å². The summed E-state index contributed by atoms with van der Waals surface area (Å²) in [7, 11) is 4.50. The number of para-hydroxylation sites is 2. The second-order valence-corrected chi connectivity index (χ2v) is 6.82. The molecular weight excluding hydrogens is 410 g/mol. The Hall–Kier alpha value is -4.33. The van der Waals surface area contributed by atoms with Gasteiger partial charge in [-0.3, -0.25) is 14.2 Å². The number of methoxy groups -OCH3 is 3. The molecule has 8 nitrogen and oxygen atoms in total. The van der Waals surface area contributed by atoms with E-state index in [0.717, 1.165) is 0 Å². The molecule has 0 aliphatic carbocycles. The van der Waals surface area contributed by atoms with Gasteiger partial charge in [-0.25, -0.2) is 4.98 Å². The molecule has 4 aromatic rings. The van der Waals surface area contributed by atoms with Gasteiger partial charge in [0.15, 0.2) is 11.5 Å². The minimum atomic E-state index is -0.407. The Bertz CT molecular complexity index is 1340. The number of amides is 1. The van der Waals surface area contributed by atoms with Crippen LogP contribution in [0.2, 0.25) is 0 Å². The number of nitrogens with one attached hydrogen (secondary N) is 1. The van der Waals surface area contributed by atoms with Crippen LogP contribution in [0.25, 0.3) is 16.6 Å². The van der Waals surface area contributed by atoms with E-state index in [1.165, 1.54) is 32.2 Å². The summed E-state index contributed by atoms with van der Waals surface area (Å²) in [5.41, 5.74) is 1.50. The van der Waals surface area contributed by atoms with Crippen molar-refractivity contribution in [1.29, 1.82) is 0 Å². The zero-order valence-corrected chi connectivity index (χ0v) is 17.8. The maximum Gasteiger partial charge on any atom is 0.265 e. The van der Waals surface area contributed by atoms with Crippen molar-refractivity contribution in [3.8, 4) is 22.9 Å². The number of benzene rings is 3. The van der Waals surface area contributed by atoms with Crippen molar-refractivity contribution in [2.75, 3.05) is 26.6 Å². The number of carbonyl (C=O) groups excluding carboxylic acids is 1. The van der Waals surface area contributed by atoms with Gasteiger partial charge in [0.2, 0.25) is 5.75 Å². The molecule has 1 heterocycles. The van der Waals surface area contributed by atoms with Gasteiger partial charge in [0, 0.05) is 17.8 Å². The minimum absolute atomic E-state index is 0.261. The monoisotopic (exact) mass is 431 g/mol. The second-order valence-electron chi connectivity index (χ2n) is 6.82. The maximum absolute atomic E-state index is 13.2. The number of carbonyl (C=O) groups is 1. The molecule has 3 aromatic carbocycles. The average Bonchev–Trinajstić information content (AvgIpc) is 2.83. The topological polar surface area (TPSA) is 91.7 Å². The van der Waals surface area contributed by atoms with Gasteiger partial charge < -0.3 is 19.5 Å². The highest BCUT2D eigenvalue weighted by Crippen LogP contribution is 2.40. The van der Waals surface area contributed by atoms with Crippen molar-refractivity contribution in [3.63, 3.8) is 0 Å². The van der Waals surface area contributed by atoms with Crippen LogP contribution in [-0.2, 0) is 0 Å². The number of aromatic nitrogens is 2. The van der Waals surface area contributed by atoms with Crippen molar-refractivity contribution >= 4 is 22.5 Å². The largest absolute Gasteiger partial charge is 0.493 e. The van der Waals surface area contributed by atoms with Crippen LogP contribution < -0.4 is 25.1 Å². The van der Waals surface area contributed by atoms with Crippen molar-refractivity contribution in [3.05, 3.63) is 82.9 Å². The molecule has 0 saturated carbocycles. The van der Waals surface area contributed by atoms with E-state index < -0.39 is 5.91 Å². The predicted octanol–water partition coefficient (Wildman–Crippen LogP) is 3.66. The second kappa shape index (κ2) is 8.81. The molecule has 1 amide bonds. The number of hydrogen-bond donors (Lipinski definition) is 1. The van der Waals surface area contributed by atoms with Gasteiger partial charge >= 0.3 is 0 Å². The molecule has 4 rings (SSSR count). The molecule has 32 heavy (non-hydrogen) atoms. The third kappa shape index (κ3) is 3.74. The lowest BCUT2D eigenvalue weighted by Gasteiger charge is -2.16. The van der Waals surface area contributed by atoms with E-state index >= 15 is 0 Å². The van der Waals surface area contributed by atoms with Crippen LogP contribution in [0.3, 0.4) is 0 Å². The van der Waals surface area contributed by atoms with Crippen molar-refractivity contribution < 1.29 is 19.0 Å². The molecule has 0 atom stereocenters. The summed E-state index contributed by atoms with van der Waals surface area (Å²) in [6, 6.07) is 17.2. The lowest BCUT2D eigenvalue weighted by molar-refractivity contribution is 0.102. The lowest BCUT2D eigenvalue weighted by Crippen LogP contribution is -2.22. The van der Waals surface area contributed by atoms with E-state index in [9.17, 15) is 9.59 Å².